The first-order valence-corrected chi connectivity index (χ1v) is 11.9. The highest BCUT2D eigenvalue weighted by Gasteiger charge is 2.17. The molecule has 7 nitrogen and oxygen atoms in total. The summed E-state index contributed by atoms with van der Waals surface area (Å²) in [5.41, 5.74) is 0.906. The van der Waals surface area contributed by atoms with Crippen molar-refractivity contribution in [2.24, 2.45) is 0 Å². The highest BCUT2D eigenvalue weighted by Crippen LogP contribution is 2.24. The minimum Gasteiger partial charge on any atom is -0.493 e. The van der Waals surface area contributed by atoms with Crippen LogP contribution in [0.2, 0.25) is 0 Å². The molecule has 0 bridgehead atoms. The average molecular weight is 514 g/mol. The van der Waals surface area contributed by atoms with Crippen LogP contribution < -0.4 is 15.4 Å². The molecule has 0 atom stereocenters. The van der Waals surface area contributed by atoms with Crippen LogP contribution in [0, 0.1) is 0 Å². The van der Waals surface area contributed by atoms with Crippen molar-refractivity contribution in [3.63, 3.8) is 0 Å². The Hall–Kier alpha value is -2.01. The molecule has 2 aromatic carbocycles. The molecule has 162 valence electrons. The van der Waals surface area contributed by atoms with Gasteiger partial charge in [0.15, 0.2) is 5.11 Å². The number of sulfonamides is 1. The maximum absolute atomic E-state index is 12.7. The van der Waals surface area contributed by atoms with Crippen molar-refractivity contribution in [1.82, 2.24) is 9.62 Å². The van der Waals surface area contributed by atoms with Gasteiger partial charge >= 0.3 is 0 Å². The molecular formula is C20H24BrN3O4S2. The van der Waals surface area contributed by atoms with Crippen molar-refractivity contribution in [3.05, 3.63) is 52.5 Å². The number of benzene rings is 2. The van der Waals surface area contributed by atoms with E-state index < -0.39 is 15.9 Å². The Morgan fingerprint density at radius 1 is 1.17 bits per heavy atom. The summed E-state index contributed by atoms with van der Waals surface area (Å²) in [6.45, 7) is 2.58. The molecule has 0 aliphatic carbocycles. The first kappa shape index (κ1) is 24.3. The minimum atomic E-state index is -3.51. The molecule has 2 N–H and O–H groups in total. The smallest absolute Gasteiger partial charge is 0.261 e. The predicted octanol–water partition coefficient (Wildman–Crippen LogP) is 4.01. The second kappa shape index (κ2) is 10.9. The van der Waals surface area contributed by atoms with Crippen LogP contribution in [0.5, 0.6) is 5.75 Å². The molecule has 0 radical (unpaired) electrons. The molecule has 30 heavy (non-hydrogen) atoms. The predicted molar refractivity (Wildman–Crippen MR) is 126 cm³/mol. The lowest BCUT2D eigenvalue weighted by molar-refractivity contribution is 0.0973. The van der Waals surface area contributed by atoms with Crippen molar-refractivity contribution in [3.8, 4) is 5.75 Å². The van der Waals surface area contributed by atoms with E-state index >= 15 is 0 Å². The Morgan fingerprint density at radius 2 is 1.83 bits per heavy atom. The van der Waals surface area contributed by atoms with E-state index in [0.717, 1.165) is 21.6 Å². The van der Waals surface area contributed by atoms with Crippen LogP contribution in [-0.2, 0) is 10.0 Å². The number of halogens is 1. The fourth-order valence-corrected chi connectivity index (χ4v) is 3.86. The molecule has 0 spiro atoms. The van der Waals surface area contributed by atoms with E-state index in [1.165, 1.54) is 26.2 Å². The van der Waals surface area contributed by atoms with E-state index in [-0.39, 0.29) is 10.0 Å². The number of carbonyl (C=O) groups excluding carboxylic acids is 1. The van der Waals surface area contributed by atoms with E-state index in [1.807, 2.05) is 0 Å². The highest BCUT2D eigenvalue weighted by atomic mass is 79.9. The minimum absolute atomic E-state index is 0.0858. The van der Waals surface area contributed by atoms with Gasteiger partial charge in [0.1, 0.15) is 5.75 Å². The molecule has 2 rings (SSSR count). The van der Waals surface area contributed by atoms with Crippen LogP contribution in [0.3, 0.4) is 0 Å². The van der Waals surface area contributed by atoms with Crippen molar-refractivity contribution >= 4 is 54.9 Å². The van der Waals surface area contributed by atoms with Crippen LogP contribution in [-0.4, -0.2) is 44.4 Å². The Morgan fingerprint density at radius 3 is 2.43 bits per heavy atom. The van der Waals surface area contributed by atoms with Crippen molar-refractivity contribution in [2.45, 2.75) is 24.7 Å². The Kier molecular flexibility index (Phi) is 8.78. The second-order valence-electron chi connectivity index (χ2n) is 6.56. The van der Waals surface area contributed by atoms with Crippen LogP contribution in [0.25, 0.3) is 0 Å². The van der Waals surface area contributed by atoms with E-state index in [4.69, 9.17) is 17.0 Å². The molecule has 0 aromatic heterocycles. The summed E-state index contributed by atoms with van der Waals surface area (Å²) in [6, 6.07) is 11.3. The number of amides is 1. The third-order valence-electron chi connectivity index (χ3n) is 4.06. The highest BCUT2D eigenvalue weighted by molar-refractivity contribution is 9.10. The van der Waals surface area contributed by atoms with Gasteiger partial charge in [0.05, 0.1) is 17.1 Å². The molecule has 1 amide bonds. The number of nitrogens with one attached hydrogen (secondary N) is 2. The summed E-state index contributed by atoms with van der Waals surface area (Å²) in [5, 5.41) is 5.58. The van der Waals surface area contributed by atoms with Crippen LogP contribution in [0.15, 0.2) is 51.8 Å². The fraction of sp³-hybridized carbons (Fsp3) is 0.300. The molecule has 0 aliphatic rings. The van der Waals surface area contributed by atoms with E-state index in [0.29, 0.717) is 23.6 Å². The quantitative estimate of drug-likeness (QED) is 0.409. The number of carbonyl (C=O) groups is 1. The molecular weight excluding hydrogens is 490 g/mol. The Labute approximate surface area is 191 Å². The lowest BCUT2D eigenvalue weighted by Gasteiger charge is -2.14. The first-order chi connectivity index (χ1) is 14.1. The van der Waals surface area contributed by atoms with Crippen LogP contribution >= 0.6 is 28.1 Å². The normalized spacial score (nSPS) is 11.2. The molecule has 0 unspecified atom stereocenters. The van der Waals surface area contributed by atoms with Crippen molar-refractivity contribution in [2.75, 3.05) is 26.0 Å². The summed E-state index contributed by atoms with van der Waals surface area (Å²) in [4.78, 5) is 12.9. The van der Waals surface area contributed by atoms with Gasteiger partial charge in [-0.05, 0) is 61.1 Å². The molecule has 0 fully saturated rings. The van der Waals surface area contributed by atoms with Gasteiger partial charge in [-0.25, -0.2) is 12.7 Å². The number of hydrogen-bond donors (Lipinski definition) is 2. The zero-order valence-corrected chi connectivity index (χ0v) is 20.2. The maximum atomic E-state index is 12.7. The van der Waals surface area contributed by atoms with Crippen LogP contribution in [0.4, 0.5) is 5.69 Å². The number of rotatable bonds is 8. The van der Waals surface area contributed by atoms with E-state index in [2.05, 4.69) is 33.5 Å². The zero-order valence-electron chi connectivity index (χ0n) is 16.9. The number of unbranched alkanes of at least 4 members (excludes halogenated alkanes) is 1. The molecule has 0 aliphatic heterocycles. The number of ether oxygens (including phenoxy) is 1. The molecule has 0 heterocycles. The lowest BCUT2D eigenvalue weighted by Crippen LogP contribution is -2.34. The lowest BCUT2D eigenvalue weighted by atomic mass is 10.2. The third kappa shape index (κ3) is 6.49. The Balaban J connectivity index is 2.06. The monoisotopic (exact) mass is 513 g/mol. The summed E-state index contributed by atoms with van der Waals surface area (Å²) in [6.07, 6.45) is 1.87. The van der Waals surface area contributed by atoms with E-state index in [9.17, 15) is 13.2 Å². The number of thiocarbonyl (C=S) groups is 1. The topological polar surface area (TPSA) is 87.7 Å². The largest absolute Gasteiger partial charge is 0.493 e. The first-order valence-electron chi connectivity index (χ1n) is 9.22. The number of hydrogen-bond acceptors (Lipinski definition) is 5. The van der Waals surface area contributed by atoms with Gasteiger partial charge in [0, 0.05) is 24.3 Å². The van der Waals surface area contributed by atoms with Gasteiger partial charge < -0.3 is 10.1 Å². The van der Waals surface area contributed by atoms with Gasteiger partial charge in [0.2, 0.25) is 10.0 Å². The fourth-order valence-electron chi connectivity index (χ4n) is 2.39. The van der Waals surface area contributed by atoms with Gasteiger partial charge in [-0.15, -0.1) is 0 Å². The second-order valence-corrected chi connectivity index (χ2v) is 10.0. The summed E-state index contributed by atoms with van der Waals surface area (Å²) in [5.74, 6) is 0.0669. The van der Waals surface area contributed by atoms with Crippen LogP contribution in [0.1, 0.15) is 30.1 Å². The molecule has 2 aromatic rings. The van der Waals surface area contributed by atoms with Gasteiger partial charge in [-0.2, -0.15) is 0 Å². The molecule has 0 saturated heterocycles. The van der Waals surface area contributed by atoms with Crippen molar-refractivity contribution < 1.29 is 17.9 Å². The van der Waals surface area contributed by atoms with E-state index in [1.54, 1.807) is 30.3 Å². The number of anilines is 1. The maximum Gasteiger partial charge on any atom is 0.261 e. The molecule has 0 saturated carbocycles. The zero-order chi connectivity index (χ0) is 22.3. The Bertz CT molecular complexity index is 1010. The van der Waals surface area contributed by atoms with Gasteiger partial charge in [-0.1, -0.05) is 29.3 Å². The molecule has 10 heteroatoms. The SMILES string of the molecule is CCCCOc1ccc(Br)cc1C(=O)NC(=S)Nc1ccc(S(=O)(=O)N(C)C)cc1. The van der Waals surface area contributed by atoms with Crippen molar-refractivity contribution in [1.29, 1.82) is 0 Å². The standard InChI is InChI=1S/C20H24BrN3O4S2/c1-4-5-12-28-18-11-6-14(21)13-17(18)19(25)23-20(29)22-15-7-9-16(10-8-15)30(26,27)24(2)3/h6-11,13H,4-5,12H2,1-3H3,(H2,22,23,25,29). The third-order valence-corrected chi connectivity index (χ3v) is 6.59. The summed E-state index contributed by atoms with van der Waals surface area (Å²) < 4.78 is 31.8. The van der Waals surface area contributed by atoms with Gasteiger partial charge in [0.25, 0.3) is 5.91 Å². The summed E-state index contributed by atoms with van der Waals surface area (Å²) in [7, 11) is -0.578. The average Bonchev–Trinajstić information content (AvgIpc) is 2.69. The number of nitrogens with zero attached hydrogens (tertiary/aromatic N) is 1. The summed E-state index contributed by atoms with van der Waals surface area (Å²) >= 11 is 8.58. The van der Waals surface area contributed by atoms with Gasteiger partial charge in [-0.3, -0.25) is 10.1 Å².